The van der Waals surface area contributed by atoms with E-state index in [1.807, 2.05) is 37.3 Å². The number of nitro benzene ring substituents is 2. The highest BCUT2D eigenvalue weighted by molar-refractivity contribution is 6.13. The first kappa shape index (κ1) is 24.7. The quantitative estimate of drug-likeness (QED) is 0.272. The molecule has 12 heteroatoms. The van der Waals surface area contributed by atoms with Crippen LogP contribution in [0.15, 0.2) is 72.8 Å². The fourth-order valence-corrected chi connectivity index (χ4v) is 3.75. The van der Waals surface area contributed by atoms with Gasteiger partial charge in [-0.1, -0.05) is 30.3 Å². The number of hydrogen-bond acceptors (Lipinski definition) is 7. The van der Waals surface area contributed by atoms with Crippen molar-refractivity contribution in [3.8, 4) is 5.69 Å². The van der Waals surface area contributed by atoms with Crippen LogP contribution in [0.5, 0.6) is 0 Å². The molecule has 0 bridgehead atoms. The first-order valence-corrected chi connectivity index (χ1v) is 10.9. The van der Waals surface area contributed by atoms with Crippen LogP contribution in [0.1, 0.15) is 32.1 Å². The van der Waals surface area contributed by atoms with E-state index in [9.17, 15) is 29.8 Å². The second-order valence-electron chi connectivity index (χ2n) is 8.00. The van der Waals surface area contributed by atoms with E-state index in [1.54, 1.807) is 23.7 Å². The predicted molar refractivity (Wildman–Crippen MR) is 135 cm³/mol. The zero-order valence-corrected chi connectivity index (χ0v) is 19.7. The fourth-order valence-electron chi connectivity index (χ4n) is 3.75. The Morgan fingerprint density at radius 1 is 0.811 bits per heavy atom. The van der Waals surface area contributed by atoms with Crippen molar-refractivity contribution in [2.75, 3.05) is 10.6 Å². The van der Waals surface area contributed by atoms with Crippen molar-refractivity contribution in [1.29, 1.82) is 0 Å². The fraction of sp³-hybridized carbons (Fsp3) is 0.0800. The first-order valence-electron chi connectivity index (χ1n) is 10.9. The molecule has 1 heterocycles. The van der Waals surface area contributed by atoms with Gasteiger partial charge in [0.15, 0.2) is 0 Å². The number of non-ortho nitro benzene ring substituents is 2. The minimum atomic E-state index is -0.851. The van der Waals surface area contributed by atoms with Gasteiger partial charge >= 0.3 is 0 Å². The van der Waals surface area contributed by atoms with Gasteiger partial charge in [-0.15, -0.1) is 0 Å². The van der Waals surface area contributed by atoms with E-state index in [1.165, 1.54) is 12.1 Å². The van der Waals surface area contributed by atoms with Crippen LogP contribution in [-0.4, -0.2) is 31.4 Å². The minimum absolute atomic E-state index is 0.113. The van der Waals surface area contributed by atoms with Crippen LogP contribution in [0.2, 0.25) is 0 Å². The molecule has 0 spiro atoms. The molecule has 186 valence electrons. The lowest BCUT2D eigenvalue weighted by Gasteiger charge is -2.12. The van der Waals surface area contributed by atoms with Gasteiger partial charge in [0.25, 0.3) is 23.2 Å². The zero-order valence-electron chi connectivity index (χ0n) is 19.7. The van der Waals surface area contributed by atoms with E-state index in [4.69, 9.17) is 0 Å². The highest BCUT2D eigenvalue weighted by Crippen LogP contribution is 2.26. The predicted octanol–water partition coefficient (Wildman–Crippen LogP) is 4.81. The average molecular weight is 500 g/mol. The van der Waals surface area contributed by atoms with Gasteiger partial charge in [0.1, 0.15) is 0 Å². The summed E-state index contributed by atoms with van der Waals surface area (Å²) in [5.41, 5.74) is 1.33. The zero-order chi connectivity index (χ0) is 26.7. The number of amides is 2. The van der Waals surface area contributed by atoms with E-state index in [0.717, 1.165) is 23.9 Å². The van der Waals surface area contributed by atoms with Gasteiger partial charge in [0.05, 0.1) is 55.5 Å². The molecule has 4 aromatic rings. The Labute approximate surface area is 209 Å². The molecule has 2 N–H and O–H groups in total. The molecule has 0 aliphatic carbocycles. The van der Waals surface area contributed by atoms with Crippen LogP contribution in [0.4, 0.5) is 22.7 Å². The Kier molecular flexibility index (Phi) is 6.73. The maximum Gasteiger partial charge on any atom is 0.277 e. The number of para-hydroxylation sites is 2. The lowest BCUT2D eigenvalue weighted by Crippen LogP contribution is -2.19. The standard InChI is InChI=1S/C25H20N6O6/c1-15-23(16(2)29(28-15)18-8-4-3-5-9-18)27-25(33)21-10-6-7-11-22(21)26-24(32)17-12-19(30(34)35)14-20(13-17)31(36)37/h3-14H,1-2H3,(H,26,32)(H,27,33). The number of hydrogen-bond donors (Lipinski definition) is 2. The Bertz CT molecular complexity index is 1510. The van der Waals surface area contributed by atoms with E-state index in [-0.39, 0.29) is 16.8 Å². The molecule has 0 radical (unpaired) electrons. The molecule has 0 aliphatic heterocycles. The first-order chi connectivity index (χ1) is 17.7. The molecule has 0 aliphatic rings. The summed E-state index contributed by atoms with van der Waals surface area (Å²) in [5.74, 6) is -1.38. The van der Waals surface area contributed by atoms with Crippen molar-refractivity contribution in [3.63, 3.8) is 0 Å². The largest absolute Gasteiger partial charge is 0.321 e. The van der Waals surface area contributed by atoms with Crippen molar-refractivity contribution in [1.82, 2.24) is 9.78 Å². The third-order valence-corrected chi connectivity index (χ3v) is 5.54. The molecule has 3 aromatic carbocycles. The van der Waals surface area contributed by atoms with Gasteiger partial charge in [-0.3, -0.25) is 29.8 Å². The Hall–Kier alpha value is -5.39. The molecule has 1 aromatic heterocycles. The highest BCUT2D eigenvalue weighted by Gasteiger charge is 2.22. The number of nitro groups is 2. The Balaban J connectivity index is 1.61. The van der Waals surface area contributed by atoms with Crippen LogP contribution in [-0.2, 0) is 0 Å². The summed E-state index contributed by atoms with van der Waals surface area (Å²) in [4.78, 5) is 46.7. The van der Waals surface area contributed by atoms with Gasteiger partial charge in [0.2, 0.25) is 0 Å². The maximum absolute atomic E-state index is 13.2. The number of benzene rings is 3. The molecule has 0 unspecified atom stereocenters. The number of rotatable bonds is 7. The summed E-state index contributed by atoms with van der Waals surface area (Å²) in [5, 5.41) is 32.2. The van der Waals surface area contributed by atoms with Crippen LogP contribution in [0.25, 0.3) is 5.69 Å². The summed E-state index contributed by atoms with van der Waals surface area (Å²) in [6, 6.07) is 18.2. The average Bonchev–Trinajstić information content (AvgIpc) is 3.17. The third-order valence-electron chi connectivity index (χ3n) is 5.54. The number of nitrogens with one attached hydrogen (secondary N) is 2. The molecule has 37 heavy (non-hydrogen) atoms. The van der Waals surface area contributed by atoms with Gasteiger partial charge < -0.3 is 10.6 Å². The molecule has 0 atom stereocenters. The Morgan fingerprint density at radius 3 is 2.03 bits per heavy atom. The summed E-state index contributed by atoms with van der Waals surface area (Å²) in [6.07, 6.45) is 0. The van der Waals surface area contributed by atoms with Crippen molar-refractivity contribution >= 4 is 34.6 Å². The van der Waals surface area contributed by atoms with E-state index in [2.05, 4.69) is 15.7 Å². The van der Waals surface area contributed by atoms with E-state index in [0.29, 0.717) is 17.1 Å². The normalized spacial score (nSPS) is 10.5. The van der Waals surface area contributed by atoms with Crippen molar-refractivity contribution in [2.24, 2.45) is 0 Å². The smallest absolute Gasteiger partial charge is 0.277 e. The molecule has 0 saturated carbocycles. The molecule has 0 fully saturated rings. The number of anilines is 2. The summed E-state index contributed by atoms with van der Waals surface area (Å²) in [7, 11) is 0. The SMILES string of the molecule is Cc1nn(-c2ccccc2)c(C)c1NC(=O)c1ccccc1NC(=O)c1cc([N+](=O)[O-])cc([N+](=O)[O-])c1. The number of aryl methyl sites for hydroxylation is 1. The molecule has 0 saturated heterocycles. The van der Waals surface area contributed by atoms with Crippen LogP contribution >= 0.6 is 0 Å². The van der Waals surface area contributed by atoms with Crippen LogP contribution in [0.3, 0.4) is 0 Å². The molecular formula is C25H20N6O6. The van der Waals surface area contributed by atoms with Crippen LogP contribution in [0, 0.1) is 34.1 Å². The van der Waals surface area contributed by atoms with Crippen molar-refractivity contribution < 1.29 is 19.4 Å². The third kappa shape index (κ3) is 5.17. The number of aromatic nitrogens is 2. The minimum Gasteiger partial charge on any atom is -0.321 e. The topological polar surface area (TPSA) is 162 Å². The lowest BCUT2D eigenvalue weighted by atomic mass is 10.1. The van der Waals surface area contributed by atoms with Crippen molar-refractivity contribution in [2.45, 2.75) is 13.8 Å². The summed E-state index contributed by atoms with van der Waals surface area (Å²) >= 11 is 0. The molecular weight excluding hydrogens is 480 g/mol. The van der Waals surface area contributed by atoms with Crippen molar-refractivity contribution in [3.05, 3.63) is 116 Å². The van der Waals surface area contributed by atoms with E-state index >= 15 is 0 Å². The van der Waals surface area contributed by atoms with E-state index < -0.39 is 33.0 Å². The molecule has 2 amide bonds. The van der Waals surface area contributed by atoms with Crippen LogP contribution < -0.4 is 10.6 Å². The van der Waals surface area contributed by atoms with Gasteiger partial charge in [-0.25, -0.2) is 4.68 Å². The molecule has 12 nitrogen and oxygen atoms in total. The second kappa shape index (κ2) is 10.1. The number of carbonyl (C=O) groups is 2. The highest BCUT2D eigenvalue weighted by atomic mass is 16.6. The second-order valence-corrected chi connectivity index (χ2v) is 8.00. The molecule has 4 rings (SSSR count). The summed E-state index contributed by atoms with van der Waals surface area (Å²) < 4.78 is 1.70. The van der Waals surface area contributed by atoms with Gasteiger partial charge in [0, 0.05) is 12.1 Å². The Morgan fingerprint density at radius 2 is 1.41 bits per heavy atom. The van der Waals surface area contributed by atoms with Gasteiger partial charge in [-0.2, -0.15) is 5.10 Å². The summed E-state index contributed by atoms with van der Waals surface area (Å²) in [6.45, 7) is 3.57. The monoisotopic (exact) mass is 500 g/mol. The maximum atomic E-state index is 13.2. The number of nitrogens with zero attached hydrogens (tertiary/aromatic N) is 4. The number of carbonyl (C=O) groups excluding carboxylic acids is 2. The van der Waals surface area contributed by atoms with Gasteiger partial charge in [-0.05, 0) is 38.1 Å². The lowest BCUT2D eigenvalue weighted by molar-refractivity contribution is -0.394.